The lowest BCUT2D eigenvalue weighted by molar-refractivity contribution is -0.291. The molecule has 28 heavy (non-hydrogen) atoms. The summed E-state index contributed by atoms with van der Waals surface area (Å²) in [5, 5.41) is 14.5. The zero-order valence-electron chi connectivity index (χ0n) is 16.7. The van der Waals surface area contributed by atoms with E-state index in [9.17, 15) is 9.90 Å². The van der Waals surface area contributed by atoms with E-state index in [1.807, 2.05) is 37.1 Å². The highest BCUT2D eigenvalue weighted by Crippen LogP contribution is 2.46. The second kappa shape index (κ2) is 7.48. The van der Waals surface area contributed by atoms with Gasteiger partial charge in [-0.15, -0.1) is 0 Å². The van der Waals surface area contributed by atoms with Crippen molar-refractivity contribution in [1.29, 1.82) is 0 Å². The lowest BCUT2D eigenvalue weighted by Crippen LogP contribution is -2.55. The highest BCUT2D eigenvalue weighted by atomic mass is 16.8. The van der Waals surface area contributed by atoms with Gasteiger partial charge in [0.15, 0.2) is 6.29 Å². The maximum Gasteiger partial charge on any atom is 0.282 e. The van der Waals surface area contributed by atoms with Gasteiger partial charge in [-0.05, 0) is 44.2 Å². The number of hydrogen-bond acceptors (Lipinski definition) is 6. The van der Waals surface area contributed by atoms with Crippen LogP contribution in [0.4, 0.5) is 0 Å². The molecule has 4 rings (SSSR count). The average molecular weight is 388 g/mol. The van der Waals surface area contributed by atoms with Crippen molar-refractivity contribution in [3.63, 3.8) is 0 Å². The second-order valence-electron chi connectivity index (χ2n) is 7.83. The number of carbonyl (C=O) groups excluding carboxylic acids is 1. The van der Waals surface area contributed by atoms with Crippen molar-refractivity contribution in [1.82, 2.24) is 10.1 Å². The molecule has 0 aliphatic carbocycles. The van der Waals surface area contributed by atoms with Gasteiger partial charge in [0, 0.05) is 19.5 Å². The molecule has 0 aromatic heterocycles. The monoisotopic (exact) mass is 388 g/mol. The molecule has 1 spiro atoms. The molecular weight excluding hydrogens is 360 g/mol. The van der Waals surface area contributed by atoms with Gasteiger partial charge in [0.25, 0.3) is 5.91 Å². The minimum absolute atomic E-state index is 0.0956. The quantitative estimate of drug-likeness (QED) is 0.855. The molecule has 1 aromatic rings. The summed E-state index contributed by atoms with van der Waals surface area (Å²) >= 11 is 0. The van der Waals surface area contributed by atoms with Crippen molar-refractivity contribution in [2.75, 3.05) is 26.8 Å². The number of amides is 1. The Morgan fingerprint density at radius 2 is 2.00 bits per heavy atom. The van der Waals surface area contributed by atoms with Crippen LogP contribution >= 0.6 is 0 Å². The molecule has 3 aliphatic rings. The van der Waals surface area contributed by atoms with Crippen molar-refractivity contribution in [2.24, 2.45) is 0 Å². The van der Waals surface area contributed by atoms with E-state index < -0.39 is 11.8 Å². The topological polar surface area (TPSA) is 71.5 Å². The summed E-state index contributed by atoms with van der Waals surface area (Å²) in [6, 6.07) is 5.88. The first-order chi connectivity index (χ1) is 13.5. The molecule has 7 nitrogen and oxygen atoms in total. The molecule has 2 saturated heterocycles. The van der Waals surface area contributed by atoms with Crippen LogP contribution in [0.2, 0.25) is 0 Å². The fourth-order valence-electron chi connectivity index (χ4n) is 4.44. The number of hydrogen-bond donors (Lipinski definition) is 1. The van der Waals surface area contributed by atoms with Crippen LogP contribution in [0.15, 0.2) is 24.0 Å². The fraction of sp³-hybridized carbons (Fsp3) is 0.571. The molecule has 0 saturated carbocycles. The van der Waals surface area contributed by atoms with E-state index in [1.54, 1.807) is 7.11 Å². The van der Waals surface area contributed by atoms with Gasteiger partial charge in [-0.1, -0.05) is 23.8 Å². The molecule has 3 heterocycles. The predicted molar refractivity (Wildman–Crippen MR) is 103 cm³/mol. The van der Waals surface area contributed by atoms with Crippen LogP contribution in [0.25, 0.3) is 5.57 Å². The van der Waals surface area contributed by atoms with Crippen LogP contribution in [-0.4, -0.2) is 59.8 Å². The number of ether oxygens (including phenoxy) is 1. The molecule has 1 aromatic carbocycles. The summed E-state index contributed by atoms with van der Waals surface area (Å²) in [6.07, 6.45) is 2.25. The Labute approximate surface area is 165 Å². The van der Waals surface area contributed by atoms with Gasteiger partial charge in [0.05, 0.1) is 19.3 Å². The summed E-state index contributed by atoms with van der Waals surface area (Å²) < 4.78 is 5.60. The van der Waals surface area contributed by atoms with Gasteiger partial charge >= 0.3 is 0 Å². The molecular formula is C21H28N2O5. The highest BCUT2D eigenvalue weighted by Gasteiger charge is 2.56. The number of aryl methyl sites for hydroxylation is 2. The van der Waals surface area contributed by atoms with Crippen LogP contribution < -0.4 is 0 Å². The first-order valence-electron chi connectivity index (χ1n) is 9.89. The number of benzene rings is 1. The molecule has 3 aliphatic heterocycles. The largest absolute Gasteiger partial charge is 0.509 e. The summed E-state index contributed by atoms with van der Waals surface area (Å²) in [5.74, 6) is -0.205. The van der Waals surface area contributed by atoms with Gasteiger partial charge in [-0.3, -0.25) is 4.79 Å². The smallest absolute Gasteiger partial charge is 0.282 e. The van der Waals surface area contributed by atoms with Crippen molar-refractivity contribution in [3.8, 4) is 0 Å². The van der Waals surface area contributed by atoms with E-state index in [4.69, 9.17) is 14.4 Å². The Hall–Kier alpha value is -1.93. The second-order valence-corrected chi connectivity index (χ2v) is 7.83. The summed E-state index contributed by atoms with van der Waals surface area (Å²) in [5.41, 5.74) is 2.27. The molecule has 1 N–H and O–H groups in total. The molecule has 0 radical (unpaired) electrons. The van der Waals surface area contributed by atoms with Gasteiger partial charge in [-0.2, -0.15) is 5.06 Å². The first-order valence-corrected chi connectivity index (χ1v) is 9.89. The lowest BCUT2D eigenvalue weighted by atomic mass is 9.85. The van der Waals surface area contributed by atoms with Gasteiger partial charge in [-0.25, -0.2) is 9.90 Å². The van der Waals surface area contributed by atoms with Crippen LogP contribution in [0.5, 0.6) is 0 Å². The third kappa shape index (κ3) is 3.12. The number of hydroxylamine groups is 4. The molecule has 0 bridgehead atoms. The Bertz CT molecular complexity index is 792. The zero-order valence-corrected chi connectivity index (χ0v) is 16.7. The maximum absolute atomic E-state index is 13.4. The molecule has 1 amide bonds. The molecule has 152 valence electrons. The number of rotatable bonds is 4. The number of aliphatic hydroxyl groups excluding tert-OH is 1. The predicted octanol–water partition coefficient (Wildman–Crippen LogP) is 2.88. The van der Waals surface area contributed by atoms with Crippen LogP contribution in [0.1, 0.15) is 42.4 Å². The van der Waals surface area contributed by atoms with E-state index in [0.29, 0.717) is 38.1 Å². The van der Waals surface area contributed by atoms with E-state index in [0.717, 1.165) is 29.5 Å². The highest BCUT2D eigenvalue weighted by molar-refractivity contribution is 6.23. The lowest BCUT2D eigenvalue weighted by Gasteiger charge is -2.43. The van der Waals surface area contributed by atoms with Gasteiger partial charge in [0.1, 0.15) is 11.3 Å². The number of carbonyl (C=O) groups is 1. The summed E-state index contributed by atoms with van der Waals surface area (Å²) in [6.45, 7) is 5.79. The van der Waals surface area contributed by atoms with Crippen LogP contribution in [0, 0.1) is 13.8 Å². The number of aliphatic hydroxyl groups is 1. The van der Waals surface area contributed by atoms with E-state index in [-0.39, 0.29) is 11.7 Å². The Kier molecular flexibility index (Phi) is 5.18. The van der Waals surface area contributed by atoms with Crippen molar-refractivity contribution < 1.29 is 24.3 Å². The normalized spacial score (nSPS) is 25.3. The van der Waals surface area contributed by atoms with Crippen molar-refractivity contribution >= 4 is 11.5 Å². The van der Waals surface area contributed by atoms with Gasteiger partial charge < -0.3 is 14.7 Å². The average Bonchev–Trinajstić information content (AvgIpc) is 3.26. The molecule has 1 unspecified atom stereocenters. The molecule has 7 heteroatoms. The summed E-state index contributed by atoms with van der Waals surface area (Å²) in [7, 11) is 1.63. The zero-order chi connectivity index (χ0) is 19.9. The van der Waals surface area contributed by atoms with E-state index >= 15 is 0 Å². The number of piperidine rings is 1. The minimum atomic E-state index is -0.884. The molecule has 1 atom stereocenters. The summed E-state index contributed by atoms with van der Waals surface area (Å²) in [4.78, 5) is 24.8. The van der Waals surface area contributed by atoms with Gasteiger partial charge in [0.2, 0.25) is 0 Å². The SMILES string of the molecule is CON1CCC2(CC1)C(O)=C(c1ccc(C)cc1C)C(=O)N2OC1CCCO1. The van der Waals surface area contributed by atoms with Crippen LogP contribution in [0.3, 0.4) is 0 Å². The Balaban J connectivity index is 1.74. The fourth-order valence-corrected chi connectivity index (χ4v) is 4.44. The third-order valence-corrected chi connectivity index (χ3v) is 6.03. The Morgan fingerprint density at radius 3 is 2.61 bits per heavy atom. The van der Waals surface area contributed by atoms with E-state index in [1.165, 1.54) is 5.06 Å². The first kappa shape index (κ1) is 19.4. The standard InChI is InChI=1S/C21H28N2O5/c1-14-6-7-16(15(2)13-14)18-19(24)21(8-10-22(26-3)11-9-21)23(20(18)25)28-17-5-4-12-27-17/h6-7,13,17,24H,4-5,8-12H2,1-3H3. The van der Waals surface area contributed by atoms with E-state index in [2.05, 4.69) is 0 Å². The maximum atomic E-state index is 13.4. The van der Waals surface area contributed by atoms with Crippen LogP contribution in [-0.2, 0) is 19.2 Å². The minimum Gasteiger partial charge on any atom is -0.509 e. The number of nitrogens with zero attached hydrogens (tertiary/aromatic N) is 2. The van der Waals surface area contributed by atoms with Crippen molar-refractivity contribution in [2.45, 2.75) is 51.4 Å². The Morgan fingerprint density at radius 1 is 1.25 bits per heavy atom. The van der Waals surface area contributed by atoms with Crippen molar-refractivity contribution in [3.05, 3.63) is 40.6 Å². The third-order valence-electron chi connectivity index (χ3n) is 6.03. The molecule has 2 fully saturated rings.